The van der Waals surface area contributed by atoms with Gasteiger partial charge >= 0.3 is 5.97 Å². The summed E-state index contributed by atoms with van der Waals surface area (Å²) in [5, 5.41) is 20.4. The van der Waals surface area contributed by atoms with Gasteiger partial charge in [0.25, 0.3) is 5.91 Å². The molecule has 9 nitrogen and oxygen atoms in total. The summed E-state index contributed by atoms with van der Waals surface area (Å²) >= 11 is 0. The van der Waals surface area contributed by atoms with Crippen LogP contribution < -0.4 is 10.6 Å². The number of pyridine rings is 1. The van der Waals surface area contributed by atoms with Crippen LogP contribution in [0, 0.1) is 19.8 Å². The molecule has 0 radical (unpaired) electrons. The van der Waals surface area contributed by atoms with Crippen molar-refractivity contribution in [2.45, 2.75) is 58.4 Å². The second kappa shape index (κ2) is 12.0. The number of carboxylic acid groups (broad SMARTS) is 1. The standard InChI is InChI=1S/C30H38N6O3/c1-20-17-21(2)36(34-20)26-7-3-5-24(18-26)29(37)33-27(30(38)39)13-16-35-15-12-22(19-35)8-10-25-11-9-23-6-4-14-31-28(23)32-25/h3,5,7,9,11,17-18,22,27H,4,6,8,10,12-16,19H2,1-2H3,(H,31,32)(H,33,37)(H,38,39)/t22-,27?/m1/s1. The van der Waals surface area contributed by atoms with Gasteiger partial charge in [-0.1, -0.05) is 12.1 Å². The summed E-state index contributed by atoms with van der Waals surface area (Å²) in [6.07, 6.45) is 5.76. The van der Waals surface area contributed by atoms with Crippen molar-refractivity contribution in [3.8, 4) is 5.69 Å². The Morgan fingerprint density at radius 1 is 1.21 bits per heavy atom. The van der Waals surface area contributed by atoms with Crippen molar-refractivity contribution in [2.24, 2.45) is 5.92 Å². The number of fused-ring (bicyclic) bond motifs is 1. The van der Waals surface area contributed by atoms with Gasteiger partial charge in [-0.05, 0) is 101 Å². The highest BCUT2D eigenvalue weighted by atomic mass is 16.4. The van der Waals surface area contributed by atoms with Crippen LogP contribution in [0.2, 0.25) is 0 Å². The molecule has 0 spiro atoms. The number of aromatic nitrogens is 3. The maximum atomic E-state index is 13.0. The fourth-order valence-corrected chi connectivity index (χ4v) is 5.69. The molecule has 1 aromatic carbocycles. The Morgan fingerprint density at radius 2 is 2.08 bits per heavy atom. The molecule has 39 heavy (non-hydrogen) atoms. The molecular formula is C30H38N6O3. The van der Waals surface area contributed by atoms with Crippen molar-refractivity contribution in [2.75, 3.05) is 31.5 Å². The fraction of sp³-hybridized carbons (Fsp3) is 0.467. The molecule has 2 aliphatic heterocycles. The summed E-state index contributed by atoms with van der Waals surface area (Å²) in [6.45, 7) is 7.42. The van der Waals surface area contributed by atoms with E-state index in [1.54, 1.807) is 22.9 Å². The minimum absolute atomic E-state index is 0.364. The molecule has 4 heterocycles. The van der Waals surface area contributed by atoms with Gasteiger partial charge in [0, 0.05) is 36.6 Å². The summed E-state index contributed by atoms with van der Waals surface area (Å²) in [5.74, 6) is 0.218. The van der Waals surface area contributed by atoms with Crippen LogP contribution in [0.3, 0.4) is 0 Å². The number of carbonyl (C=O) groups excluding carboxylic acids is 1. The van der Waals surface area contributed by atoms with E-state index < -0.39 is 17.9 Å². The van der Waals surface area contributed by atoms with Crippen molar-refractivity contribution in [1.82, 2.24) is 25.0 Å². The third-order valence-electron chi connectivity index (χ3n) is 7.83. The number of hydrogen-bond acceptors (Lipinski definition) is 6. The highest BCUT2D eigenvalue weighted by Gasteiger charge is 2.26. The Hall–Kier alpha value is -3.72. The van der Waals surface area contributed by atoms with Crippen LogP contribution in [0.4, 0.5) is 5.82 Å². The minimum atomic E-state index is -1.01. The Morgan fingerprint density at radius 3 is 2.87 bits per heavy atom. The number of carbonyl (C=O) groups is 2. The number of anilines is 1. The summed E-state index contributed by atoms with van der Waals surface area (Å²) in [7, 11) is 0. The fourth-order valence-electron chi connectivity index (χ4n) is 5.69. The van der Waals surface area contributed by atoms with Gasteiger partial charge in [0.2, 0.25) is 0 Å². The monoisotopic (exact) mass is 530 g/mol. The van der Waals surface area contributed by atoms with Crippen LogP contribution in [0.25, 0.3) is 5.69 Å². The van der Waals surface area contributed by atoms with Crippen molar-refractivity contribution in [1.29, 1.82) is 0 Å². The molecule has 206 valence electrons. The van der Waals surface area contributed by atoms with E-state index in [0.29, 0.717) is 24.4 Å². The van der Waals surface area contributed by atoms with Gasteiger partial charge in [-0.3, -0.25) is 4.79 Å². The smallest absolute Gasteiger partial charge is 0.326 e. The molecule has 3 aromatic rings. The third-order valence-corrected chi connectivity index (χ3v) is 7.83. The van der Waals surface area contributed by atoms with Crippen LogP contribution in [0.15, 0.2) is 42.5 Å². The number of hydrogen-bond donors (Lipinski definition) is 3. The predicted molar refractivity (Wildman–Crippen MR) is 150 cm³/mol. The van der Waals surface area contributed by atoms with Crippen LogP contribution in [-0.4, -0.2) is 68.9 Å². The summed E-state index contributed by atoms with van der Waals surface area (Å²) in [5.41, 5.74) is 5.49. The predicted octanol–water partition coefficient (Wildman–Crippen LogP) is 3.77. The zero-order valence-corrected chi connectivity index (χ0v) is 22.8. The maximum absolute atomic E-state index is 13.0. The number of amides is 1. The molecule has 0 saturated carbocycles. The molecule has 0 bridgehead atoms. The van der Waals surface area contributed by atoms with Crippen molar-refractivity contribution >= 4 is 17.7 Å². The molecule has 1 fully saturated rings. The molecular weight excluding hydrogens is 492 g/mol. The van der Waals surface area contributed by atoms with E-state index in [0.717, 1.165) is 80.3 Å². The van der Waals surface area contributed by atoms with E-state index in [2.05, 4.69) is 32.8 Å². The number of nitrogens with zero attached hydrogens (tertiary/aromatic N) is 4. The SMILES string of the molecule is Cc1cc(C)n(-c2cccc(C(=O)NC(CCN3CC[C@@H](CCc4ccc5c(n4)NCCC5)C3)C(=O)O)c2)n1. The van der Waals surface area contributed by atoms with Crippen LogP contribution in [-0.2, 0) is 17.6 Å². The van der Waals surface area contributed by atoms with E-state index >= 15 is 0 Å². The lowest BCUT2D eigenvalue weighted by Gasteiger charge is -2.20. The highest BCUT2D eigenvalue weighted by molar-refractivity contribution is 5.97. The number of aryl methyl sites for hydroxylation is 4. The quantitative estimate of drug-likeness (QED) is 0.366. The number of nitrogens with one attached hydrogen (secondary N) is 2. The second-order valence-electron chi connectivity index (χ2n) is 10.9. The van der Waals surface area contributed by atoms with E-state index in [1.165, 1.54) is 5.56 Å². The topological polar surface area (TPSA) is 112 Å². The molecule has 2 aliphatic rings. The molecule has 2 atom stereocenters. The average molecular weight is 531 g/mol. The van der Waals surface area contributed by atoms with E-state index in [-0.39, 0.29) is 0 Å². The van der Waals surface area contributed by atoms with Gasteiger partial charge in [-0.25, -0.2) is 14.5 Å². The zero-order valence-electron chi connectivity index (χ0n) is 22.8. The van der Waals surface area contributed by atoms with Gasteiger partial charge in [0.1, 0.15) is 11.9 Å². The third kappa shape index (κ3) is 6.65. The highest BCUT2D eigenvalue weighted by Crippen LogP contribution is 2.24. The number of rotatable bonds is 10. The lowest BCUT2D eigenvalue weighted by molar-refractivity contribution is -0.139. The summed E-state index contributed by atoms with van der Waals surface area (Å²) in [6, 6.07) is 12.5. The maximum Gasteiger partial charge on any atom is 0.326 e. The molecule has 3 N–H and O–H groups in total. The first-order chi connectivity index (χ1) is 18.9. The molecule has 9 heteroatoms. The second-order valence-corrected chi connectivity index (χ2v) is 10.9. The largest absolute Gasteiger partial charge is 0.480 e. The molecule has 0 aliphatic carbocycles. The van der Waals surface area contributed by atoms with Crippen molar-refractivity contribution < 1.29 is 14.7 Å². The van der Waals surface area contributed by atoms with Crippen LogP contribution in [0.1, 0.15) is 58.7 Å². The first kappa shape index (κ1) is 26.9. The Bertz CT molecular complexity index is 1340. The number of likely N-dealkylation sites (tertiary alicyclic amines) is 1. The summed E-state index contributed by atoms with van der Waals surface area (Å²) < 4.78 is 1.78. The van der Waals surface area contributed by atoms with Crippen molar-refractivity contribution in [3.63, 3.8) is 0 Å². The van der Waals surface area contributed by atoms with Gasteiger partial charge in [-0.15, -0.1) is 0 Å². The van der Waals surface area contributed by atoms with E-state index in [4.69, 9.17) is 4.98 Å². The minimum Gasteiger partial charge on any atom is -0.480 e. The van der Waals surface area contributed by atoms with E-state index in [9.17, 15) is 14.7 Å². The van der Waals surface area contributed by atoms with Crippen LogP contribution >= 0.6 is 0 Å². The van der Waals surface area contributed by atoms with E-state index in [1.807, 2.05) is 26.0 Å². The normalized spacial score (nSPS) is 17.8. The lowest BCUT2D eigenvalue weighted by atomic mass is 10.00. The van der Waals surface area contributed by atoms with Gasteiger partial charge in [0.15, 0.2) is 0 Å². The first-order valence-electron chi connectivity index (χ1n) is 14.0. The number of benzene rings is 1. The molecule has 1 saturated heterocycles. The van der Waals surface area contributed by atoms with Crippen molar-refractivity contribution in [3.05, 3.63) is 70.7 Å². The van der Waals surface area contributed by atoms with Crippen LogP contribution in [0.5, 0.6) is 0 Å². The molecule has 1 unspecified atom stereocenters. The zero-order chi connectivity index (χ0) is 27.4. The number of aliphatic carboxylic acids is 1. The Kier molecular flexibility index (Phi) is 8.26. The molecule has 1 amide bonds. The van der Waals surface area contributed by atoms with Gasteiger partial charge < -0.3 is 20.6 Å². The Balaban J connectivity index is 1.11. The summed E-state index contributed by atoms with van der Waals surface area (Å²) in [4.78, 5) is 32.1. The van der Waals surface area contributed by atoms with Gasteiger partial charge in [-0.2, -0.15) is 5.10 Å². The van der Waals surface area contributed by atoms with Gasteiger partial charge in [0.05, 0.1) is 11.4 Å². The lowest BCUT2D eigenvalue weighted by Crippen LogP contribution is -2.43. The molecule has 2 aromatic heterocycles. The molecule has 5 rings (SSSR count). The average Bonchev–Trinajstić information content (AvgIpc) is 3.54. The number of carboxylic acids is 1. The first-order valence-corrected chi connectivity index (χ1v) is 14.0. The Labute approximate surface area is 229 Å².